The molecule has 0 saturated heterocycles. The predicted octanol–water partition coefficient (Wildman–Crippen LogP) is 3.62. The Labute approximate surface area is 94.7 Å². The summed E-state index contributed by atoms with van der Waals surface area (Å²) in [6.07, 6.45) is 5.87. The molecule has 2 heteroatoms. The van der Waals surface area contributed by atoms with Crippen molar-refractivity contribution in [1.82, 2.24) is 0 Å². The van der Waals surface area contributed by atoms with Crippen LogP contribution < -0.4 is 0 Å². The second-order valence-electron chi connectivity index (χ2n) is 4.32. The lowest BCUT2D eigenvalue weighted by molar-refractivity contribution is -0.102. The van der Waals surface area contributed by atoms with E-state index in [1.807, 2.05) is 6.08 Å². The second kappa shape index (κ2) is 8.93. The minimum Gasteiger partial charge on any atom is -0.359 e. The summed E-state index contributed by atoms with van der Waals surface area (Å²) in [6, 6.07) is 0. The van der Waals surface area contributed by atoms with E-state index < -0.39 is 0 Å². The van der Waals surface area contributed by atoms with Crippen molar-refractivity contribution in [2.24, 2.45) is 11.8 Å². The topological polar surface area (TPSA) is 18.5 Å². The van der Waals surface area contributed by atoms with Gasteiger partial charge in [-0.15, -0.1) is 6.58 Å². The number of rotatable bonds is 9. The molecular formula is C13H26O2. The molecule has 15 heavy (non-hydrogen) atoms. The third-order valence-corrected chi connectivity index (χ3v) is 2.65. The third-order valence-electron chi connectivity index (χ3n) is 2.65. The minimum atomic E-state index is 0.231. The first-order valence-electron chi connectivity index (χ1n) is 5.90. The van der Waals surface area contributed by atoms with Crippen molar-refractivity contribution in [1.29, 1.82) is 0 Å². The highest BCUT2D eigenvalue weighted by atomic mass is 16.7. The van der Waals surface area contributed by atoms with Crippen LogP contribution in [0.4, 0.5) is 0 Å². The van der Waals surface area contributed by atoms with Gasteiger partial charge in [0.05, 0.1) is 6.10 Å². The van der Waals surface area contributed by atoms with Crippen LogP contribution in [0.25, 0.3) is 0 Å². The number of methoxy groups -OCH3 is 1. The molecule has 2 nitrogen and oxygen atoms in total. The molecule has 0 spiro atoms. The van der Waals surface area contributed by atoms with E-state index in [2.05, 4.69) is 27.4 Å². The van der Waals surface area contributed by atoms with E-state index in [1.54, 1.807) is 7.11 Å². The molecule has 0 aromatic rings. The van der Waals surface area contributed by atoms with Crippen molar-refractivity contribution in [3.63, 3.8) is 0 Å². The van der Waals surface area contributed by atoms with E-state index in [0.29, 0.717) is 18.6 Å². The van der Waals surface area contributed by atoms with E-state index in [0.717, 1.165) is 6.42 Å². The van der Waals surface area contributed by atoms with Crippen LogP contribution in [0.1, 0.15) is 40.0 Å². The van der Waals surface area contributed by atoms with Gasteiger partial charge in [0.2, 0.25) is 0 Å². The molecule has 90 valence electrons. The highest BCUT2D eigenvalue weighted by Gasteiger charge is 2.22. The molecule has 0 aliphatic carbocycles. The van der Waals surface area contributed by atoms with Crippen molar-refractivity contribution in [2.75, 3.05) is 13.9 Å². The van der Waals surface area contributed by atoms with E-state index in [1.165, 1.54) is 12.8 Å². The standard InChI is InChI=1S/C13H26O2/c1-6-8-9-12(7-2)13(11(3)4)15-10-14-5/h7,11-13H,2,6,8-10H2,1,3-5H3/t12-,13+/m1/s1. The minimum absolute atomic E-state index is 0.231. The molecule has 0 rings (SSSR count). The van der Waals surface area contributed by atoms with Gasteiger partial charge in [-0.1, -0.05) is 39.7 Å². The molecule has 0 aromatic carbocycles. The van der Waals surface area contributed by atoms with Gasteiger partial charge in [-0.2, -0.15) is 0 Å². The summed E-state index contributed by atoms with van der Waals surface area (Å²) in [7, 11) is 1.66. The number of hydrogen-bond acceptors (Lipinski definition) is 2. The molecule has 0 aliphatic heterocycles. The van der Waals surface area contributed by atoms with Gasteiger partial charge in [0.25, 0.3) is 0 Å². The maximum atomic E-state index is 5.71. The zero-order chi connectivity index (χ0) is 11.7. The predicted molar refractivity (Wildman–Crippen MR) is 64.8 cm³/mol. The average Bonchev–Trinajstić information content (AvgIpc) is 2.22. The lowest BCUT2D eigenvalue weighted by Crippen LogP contribution is -2.29. The Bertz CT molecular complexity index is 155. The van der Waals surface area contributed by atoms with Crippen LogP contribution in [0, 0.1) is 11.8 Å². The number of hydrogen-bond donors (Lipinski definition) is 0. The SMILES string of the molecule is C=C[C@H](CCCC)[C@@H](OCOC)C(C)C. The number of ether oxygens (including phenoxy) is 2. The van der Waals surface area contributed by atoms with Gasteiger partial charge in [-0.3, -0.25) is 0 Å². The Morgan fingerprint density at radius 1 is 1.33 bits per heavy atom. The summed E-state index contributed by atoms with van der Waals surface area (Å²) in [4.78, 5) is 0. The molecule has 0 bridgehead atoms. The van der Waals surface area contributed by atoms with Gasteiger partial charge in [-0.05, 0) is 12.3 Å². The van der Waals surface area contributed by atoms with Gasteiger partial charge in [0.1, 0.15) is 6.79 Å². The molecule has 0 saturated carbocycles. The molecular weight excluding hydrogens is 188 g/mol. The van der Waals surface area contributed by atoms with Crippen LogP contribution in [0.5, 0.6) is 0 Å². The van der Waals surface area contributed by atoms with Crippen molar-refractivity contribution in [3.8, 4) is 0 Å². The summed E-state index contributed by atoms with van der Waals surface area (Å²) in [5.41, 5.74) is 0. The van der Waals surface area contributed by atoms with Crippen LogP contribution in [0.15, 0.2) is 12.7 Å². The monoisotopic (exact) mass is 214 g/mol. The molecule has 0 unspecified atom stereocenters. The molecule has 0 heterocycles. The fourth-order valence-corrected chi connectivity index (χ4v) is 1.81. The molecule has 0 amide bonds. The lowest BCUT2D eigenvalue weighted by Gasteiger charge is -2.27. The van der Waals surface area contributed by atoms with Gasteiger partial charge >= 0.3 is 0 Å². The Hall–Kier alpha value is -0.340. The number of unbranched alkanes of at least 4 members (excludes halogenated alkanes) is 1. The summed E-state index contributed by atoms with van der Waals surface area (Å²) in [5, 5.41) is 0. The summed E-state index contributed by atoms with van der Waals surface area (Å²) in [6.45, 7) is 10.9. The van der Waals surface area contributed by atoms with Crippen molar-refractivity contribution in [3.05, 3.63) is 12.7 Å². The first kappa shape index (κ1) is 14.7. The third kappa shape index (κ3) is 5.95. The summed E-state index contributed by atoms with van der Waals surface area (Å²) < 4.78 is 10.7. The Balaban J connectivity index is 4.20. The molecule has 2 atom stereocenters. The van der Waals surface area contributed by atoms with E-state index >= 15 is 0 Å². The maximum absolute atomic E-state index is 5.71. The first-order chi connectivity index (χ1) is 7.17. The van der Waals surface area contributed by atoms with Crippen LogP contribution in [-0.4, -0.2) is 20.0 Å². The average molecular weight is 214 g/mol. The van der Waals surface area contributed by atoms with Crippen LogP contribution in [-0.2, 0) is 9.47 Å². The van der Waals surface area contributed by atoms with E-state index in [4.69, 9.17) is 9.47 Å². The molecule has 0 aromatic heterocycles. The fraction of sp³-hybridized carbons (Fsp3) is 0.846. The molecule has 0 N–H and O–H groups in total. The fourth-order valence-electron chi connectivity index (χ4n) is 1.81. The first-order valence-corrected chi connectivity index (χ1v) is 5.90. The lowest BCUT2D eigenvalue weighted by atomic mass is 9.89. The van der Waals surface area contributed by atoms with Gasteiger partial charge < -0.3 is 9.47 Å². The van der Waals surface area contributed by atoms with Crippen LogP contribution in [0.3, 0.4) is 0 Å². The summed E-state index contributed by atoms with van der Waals surface area (Å²) in [5.74, 6) is 0.945. The van der Waals surface area contributed by atoms with Crippen molar-refractivity contribution < 1.29 is 9.47 Å². The van der Waals surface area contributed by atoms with Crippen LogP contribution >= 0.6 is 0 Å². The smallest absolute Gasteiger partial charge is 0.146 e. The molecule has 0 aliphatic rings. The zero-order valence-electron chi connectivity index (χ0n) is 10.7. The van der Waals surface area contributed by atoms with E-state index in [-0.39, 0.29) is 6.10 Å². The molecule has 0 fully saturated rings. The van der Waals surface area contributed by atoms with Crippen LogP contribution in [0.2, 0.25) is 0 Å². The zero-order valence-corrected chi connectivity index (χ0v) is 10.7. The molecule has 0 radical (unpaired) electrons. The quantitative estimate of drug-likeness (QED) is 0.431. The van der Waals surface area contributed by atoms with Gasteiger partial charge in [0, 0.05) is 13.0 Å². The maximum Gasteiger partial charge on any atom is 0.146 e. The second-order valence-corrected chi connectivity index (χ2v) is 4.32. The van der Waals surface area contributed by atoms with Gasteiger partial charge in [0.15, 0.2) is 0 Å². The Kier molecular flexibility index (Phi) is 8.73. The highest BCUT2D eigenvalue weighted by Crippen LogP contribution is 2.23. The highest BCUT2D eigenvalue weighted by molar-refractivity contribution is 4.86. The van der Waals surface area contributed by atoms with Crippen molar-refractivity contribution >= 4 is 0 Å². The van der Waals surface area contributed by atoms with Crippen molar-refractivity contribution in [2.45, 2.75) is 46.1 Å². The Morgan fingerprint density at radius 2 is 2.00 bits per heavy atom. The normalized spacial score (nSPS) is 15.3. The Morgan fingerprint density at radius 3 is 2.40 bits per heavy atom. The van der Waals surface area contributed by atoms with Gasteiger partial charge in [-0.25, -0.2) is 0 Å². The largest absolute Gasteiger partial charge is 0.359 e. The summed E-state index contributed by atoms with van der Waals surface area (Å²) >= 11 is 0. The van der Waals surface area contributed by atoms with E-state index in [9.17, 15) is 0 Å².